The number of rotatable bonds is 2. The van der Waals surface area contributed by atoms with Crippen LogP contribution in [0.3, 0.4) is 0 Å². The van der Waals surface area contributed by atoms with Gasteiger partial charge in [-0.25, -0.2) is 4.98 Å². The number of carbonyl (C=O) groups is 1. The van der Waals surface area contributed by atoms with Gasteiger partial charge in [-0.3, -0.25) is 9.59 Å². The molecule has 0 aliphatic carbocycles. The summed E-state index contributed by atoms with van der Waals surface area (Å²) >= 11 is 0. The lowest BCUT2D eigenvalue weighted by atomic mass is 10.1. The monoisotopic (exact) mass is 222 g/mol. The fourth-order valence-electron chi connectivity index (χ4n) is 1.78. The van der Waals surface area contributed by atoms with E-state index in [0.717, 1.165) is 6.42 Å². The number of carbonyl (C=O) groups excluding carboxylic acids is 1. The molecular formula is C10H14N4O2. The molecule has 1 aliphatic rings. The van der Waals surface area contributed by atoms with E-state index in [1.54, 1.807) is 11.9 Å². The molecule has 1 atom stereocenters. The molecule has 0 radical (unpaired) electrons. The number of nitrogens with one attached hydrogen (secondary N) is 2. The first kappa shape index (κ1) is 10.7. The molecule has 1 fully saturated rings. The van der Waals surface area contributed by atoms with Crippen molar-refractivity contribution in [2.75, 3.05) is 18.9 Å². The average Bonchev–Trinajstić information content (AvgIpc) is 2.27. The van der Waals surface area contributed by atoms with Gasteiger partial charge in [0.15, 0.2) is 5.82 Å². The summed E-state index contributed by atoms with van der Waals surface area (Å²) < 4.78 is 0. The SMILES string of the molecule is CN1CC(Nc2ncc[nH]c2=O)CCC1=O. The van der Waals surface area contributed by atoms with Crippen LogP contribution in [0.1, 0.15) is 12.8 Å². The largest absolute Gasteiger partial charge is 0.361 e. The first-order chi connectivity index (χ1) is 7.66. The minimum Gasteiger partial charge on any atom is -0.361 e. The first-order valence-corrected chi connectivity index (χ1v) is 5.21. The van der Waals surface area contributed by atoms with E-state index in [1.807, 2.05) is 0 Å². The number of likely N-dealkylation sites (tertiary alicyclic amines) is 1. The molecule has 86 valence electrons. The molecule has 1 unspecified atom stereocenters. The Morgan fingerprint density at radius 2 is 2.38 bits per heavy atom. The van der Waals surface area contributed by atoms with Crippen LogP contribution in [0.5, 0.6) is 0 Å². The van der Waals surface area contributed by atoms with Crippen LogP contribution in [0.15, 0.2) is 17.2 Å². The Labute approximate surface area is 92.7 Å². The molecule has 1 aromatic heterocycles. The second-order valence-electron chi connectivity index (χ2n) is 3.92. The molecule has 1 amide bonds. The number of anilines is 1. The molecule has 6 heteroatoms. The highest BCUT2D eigenvalue weighted by atomic mass is 16.2. The van der Waals surface area contributed by atoms with Crippen molar-refractivity contribution in [1.29, 1.82) is 0 Å². The van der Waals surface area contributed by atoms with E-state index >= 15 is 0 Å². The lowest BCUT2D eigenvalue weighted by Gasteiger charge is -2.30. The second-order valence-corrected chi connectivity index (χ2v) is 3.92. The van der Waals surface area contributed by atoms with E-state index in [9.17, 15) is 9.59 Å². The molecule has 1 aliphatic heterocycles. The summed E-state index contributed by atoms with van der Waals surface area (Å²) in [6.07, 6.45) is 4.27. The summed E-state index contributed by atoms with van der Waals surface area (Å²) in [7, 11) is 1.76. The predicted molar refractivity (Wildman–Crippen MR) is 59.1 cm³/mol. The minimum atomic E-state index is -0.234. The maximum atomic E-state index is 11.4. The number of amides is 1. The first-order valence-electron chi connectivity index (χ1n) is 5.21. The van der Waals surface area contributed by atoms with Gasteiger partial charge in [0.05, 0.1) is 0 Å². The van der Waals surface area contributed by atoms with Gasteiger partial charge in [0.2, 0.25) is 5.91 Å². The van der Waals surface area contributed by atoms with Crippen molar-refractivity contribution in [3.63, 3.8) is 0 Å². The fourth-order valence-corrected chi connectivity index (χ4v) is 1.78. The number of hydrogen-bond acceptors (Lipinski definition) is 4. The number of hydrogen-bond donors (Lipinski definition) is 2. The normalized spacial score (nSPS) is 20.9. The molecule has 2 rings (SSSR count). The Morgan fingerprint density at radius 3 is 3.06 bits per heavy atom. The molecule has 0 bridgehead atoms. The predicted octanol–water partition coefficient (Wildman–Crippen LogP) is -0.197. The summed E-state index contributed by atoms with van der Waals surface area (Å²) in [6.45, 7) is 0.606. The molecule has 6 nitrogen and oxygen atoms in total. The second kappa shape index (κ2) is 4.34. The third-order valence-corrected chi connectivity index (χ3v) is 2.68. The highest BCUT2D eigenvalue weighted by Crippen LogP contribution is 2.12. The molecule has 0 spiro atoms. The van der Waals surface area contributed by atoms with Crippen molar-refractivity contribution in [3.8, 4) is 0 Å². The van der Waals surface area contributed by atoms with Gasteiger partial charge < -0.3 is 15.2 Å². The molecule has 16 heavy (non-hydrogen) atoms. The summed E-state index contributed by atoms with van der Waals surface area (Å²) in [4.78, 5) is 30.8. The third-order valence-electron chi connectivity index (χ3n) is 2.68. The van der Waals surface area contributed by atoms with E-state index in [4.69, 9.17) is 0 Å². The molecule has 1 saturated heterocycles. The standard InChI is InChI=1S/C10H14N4O2/c1-14-6-7(2-3-8(14)15)13-9-10(16)12-5-4-11-9/h4-5,7H,2-3,6H2,1H3,(H,11,13)(H,12,16). The Hall–Kier alpha value is -1.85. The molecule has 2 heterocycles. The minimum absolute atomic E-state index is 0.0960. The zero-order valence-electron chi connectivity index (χ0n) is 9.06. The van der Waals surface area contributed by atoms with Gasteiger partial charge >= 0.3 is 0 Å². The molecule has 0 saturated carbocycles. The van der Waals surface area contributed by atoms with Crippen LogP contribution in [0.4, 0.5) is 5.82 Å². The van der Waals surface area contributed by atoms with Crippen LogP contribution >= 0.6 is 0 Å². The Bertz CT molecular complexity index is 442. The van der Waals surface area contributed by atoms with Gasteiger partial charge in [-0.1, -0.05) is 0 Å². The Morgan fingerprint density at radius 1 is 1.56 bits per heavy atom. The van der Waals surface area contributed by atoms with Gasteiger partial charge in [-0.2, -0.15) is 0 Å². The van der Waals surface area contributed by atoms with Crippen LogP contribution in [-0.2, 0) is 4.79 Å². The molecule has 0 aromatic carbocycles. The van der Waals surface area contributed by atoms with Crippen molar-refractivity contribution in [2.45, 2.75) is 18.9 Å². The van der Waals surface area contributed by atoms with Gasteiger partial charge in [-0.05, 0) is 6.42 Å². The smallest absolute Gasteiger partial charge is 0.290 e. The van der Waals surface area contributed by atoms with Gasteiger partial charge in [-0.15, -0.1) is 0 Å². The van der Waals surface area contributed by atoms with Gasteiger partial charge in [0.25, 0.3) is 5.56 Å². The average molecular weight is 222 g/mol. The van der Waals surface area contributed by atoms with Gasteiger partial charge in [0, 0.05) is 38.4 Å². The maximum Gasteiger partial charge on any atom is 0.290 e. The van der Waals surface area contributed by atoms with Crippen LogP contribution in [0.25, 0.3) is 0 Å². The van der Waals surface area contributed by atoms with Crippen molar-refractivity contribution >= 4 is 11.7 Å². The fraction of sp³-hybridized carbons (Fsp3) is 0.500. The van der Waals surface area contributed by atoms with Gasteiger partial charge in [0.1, 0.15) is 0 Å². The number of aromatic nitrogens is 2. The number of H-pyrrole nitrogens is 1. The number of aromatic amines is 1. The highest BCUT2D eigenvalue weighted by Gasteiger charge is 2.23. The van der Waals surface area contributed by atoms with E-state index in [1.165, 1.54) is 12.4 Å². The van der Waals surface area contributed by atoms with Crippen molar-refractivity contribution in [1.82, 2.24) is 14.9 Å². The third kappa shape index (κ3) is 2.21. The van der Waals surface area contributed by atoms with Crippen molar-refractivity contribution in [2.24, 2.45) is 0 Å². The van der Waals surface area contributed by atoms with E-state index in [-0.39, 0.29) is 17.5 Å². The molecular weight excluding hydrogens is 208 g/mol. The molecule has 1 aromatic rings. The van der Waals surface area contributed by atoms with Crippen LogP contribution < -0.4 is 10.9 Å². The van der Waals surface area contributed by atoms with Crippen LogP contribution in [0.2, 0.25) is 0 Å². The lowest BCUT2D eigenvalue weighted by molar-refractivity contribution is -0.132. The quantitative estimate of drug-likeness (QED) is 0.726. The summed E-state index contributed by atoms with van der Waals surface area (Å²) in [6, 6.07) is 0.0960. The Kier molecular flexibility index (Phi) is 2.89. The van der Waals surface area contributed by atoms with Crippen LogP contribution in [0, 0.1) is 0 Å². The van der Waals surface area contributed by atoms with Crippen molar-refractivity contribution in [3.05, 3.63) is 22.7 Å². The van der Waals surface area contributed by atoms with E-state index in [2.05, 4.69) is 15.3 Å². The molecule has 2 N–H and O–H groups in total. The lowest BCUT2D eigenvalue weighted by Crippen LogP contribution is -2.44. The topological polar surface area (TPSA) is 78.1 Å². The summed E-state index contributed by atoms with van der Waals surface area (Å²) in [5.41, 5.74) is -0.234. The zero-order chi connectivity index (χ0) is 11.5. The van der Waals surface area contributed by atoms with Crippen LogP contribution in [-0.4, -0.2) is 40.4 Å². The Balaban J connectivity index is 2.04. The maximum absolute atomic E-state index is 11.4. The highest BCUT2D eigenvalue weighted by molar-refractivity contribution is 5.76. The number of nitrogens with zero attached hydrogens (tertiary/aromatic N) is 2. The summed E-state index contributed by atoms with van der Waals surface area (Å²) in [5.74, 6) is 0.461. The number of piperidine rings is 1. The summed E-state index contributed by atoms with van der Waals surface area (Å²) in [5, 5.41) is 3.05. The van der Waals surface area contributed by atoms with E-state index in [0.29, 0.717) is 18.8 Å². The van der Waals surface area contributed by atoms with E-state index < -0.39 is 0 Å². The number of likely N-dealkylation sites (N-methyl/N-ethyl adjacent to an activating group) is 1. The zero-order valence-corrected chi connectivity index (χ0v) is 9.06. The van der Waals surface area contributed by atoms with Crippen molar-refractivity contribution < 1.29 is 4.79 Å².